The van der Waals surface area contributed by atoms with Gasteiger partial charge in [0.05, 0.1) is 0 Å². The predicted molar refractivity (Wildman–Crippen MR) is 78.1 cm³/mol. The van der Waals surface area contributed by atoms with Gasteiger partial charge in [0.25, 0.3) is 0 Å². The second kappa shape index (κ2) is 6.15. The summed E-state index contributed by atoms with van der Waals surface area (Å²) >= 11 is 3.26. The van der Waals surface area contributed by atoms with E-state index in [1.54, 1.807) is 6.07 Å². The van der Waals surface area contributed by atoms with Crippen molar-refractivity contribution in [2.75, 3.05) is 5.43 Å². The van der Waals surface area contributed by atoms with Gasteiger partial charge in [-0.3, -0.25) is 0 Å². The summed E-state index contributed by atoms with van der Waals surface area (Å²) in [6, 6.07) is 5.94. The van der Waals surface area contributed by atoms with Crippen molar-refractivity contribution in [2.24, 2.45) is 5.84 Å². The standard InChI is InChI=1S/C13H14BrFN4O/c1-7(2)13-17-11(19-16)6-12(18-13)20-10-5-8(14)3-4-9(10)15/h3-7H,16H2,1-2H3,(H,17,18,19). The number of hydrogen-bond donors (Lipinski definition) is 2. The Bertz CT molecular complexity index is 621. The largest absolute Gasteiger partial charge is 0.436 e. The second-order valence-electron chi connectivity index (χ2n) is 4.43. The Morgan fingerprint density at radius 1 is 1.30 bits per heavy atom. The summed E-state index contributed by atoms with van der Waals surface area (Å²) in [7, 11) is 0. The number of rotatable bonds is 4. The quantitative estimate of drug-likeness (QED) is 0.657. The molecule has 2 rings (SSSR count). The highest BCUT2D eigenvalue weighted by molar-refractivity contribution is 9.10. The maximum absolute atomic E-state index is 13.7. The predicted octanol–water partition coefficient (Wildman–Crippen LogP) is 3.58. The number of hydrazine groups is 1. The van der Waals surface area contributed by atoms with Crippen LogP contribution in [0.25, 0.3) is 0 Å². The Hall–Kier alpha value is -1.73. The maximum Gasteiger partial charge on any atom is 0.224 e. The number of ether oxygens (including phenoxy) is 1. The minimum Gasteiger partial charge on any atom is -0.436 e. The summed E-state index contributed by atoms with van der Waals surface area (Å²) < 4.78 is 19.9. The van der Waals surface area contributed by atoms with Crippen LogP contribution in [0.4, 0.5) is 10.2 Å². The molecule has 0 spiro atoms. The highest BCUT2D eigenvalue weighted by Crippen LogP contribution is 2.28. The van der Waals surface area contributed by atoms with Crippen LogP contribution in [0.2, 0.25) is 0 Å². The lowest BCUT2D eigenvalue weighted by atomic mass is 10.2. The third-order valence-corrected chi connectivity index (χ3v) is 2.99. The van der Waals surface area contributed by atoms with E-state index in [-0.39, 0.29) is 17.5 Å². The van der Waals surface area contributed by atoms with Gasteiger partial charge in [0.15, 0.2) is 11.6 Å². The fourth-order valence-corrected chi connectivity index (χ4v) is 1.84. The van der Waals surface area contributed by atoms with Gasteiger partial charge in [-0.2, -0.15) is 4.98 Å². The van der Waals surface area contributed by atoms with Gasteiger partial charge in [-0.1, -0.05) is 29.8 Å². The molecule has 0 atom stereocenters. The molecule has 0 amide bonds. The average Bonchev–Trinajstić information content (AvgIpc) is 2.42. The van der Waals surface area contributed by atoms with Gasteiger partial charge in [-0.15, -0.1) is 0 Å². The van der Waals surface area contributed by atoms with E-state index in [1.807, 2.05) is 13.8 Å². The number of nitrogens with zero attached hydrogens (tertiary/aromatic N) is 2. The fourth-order valence-electron chi connectivity index (χ4n) is 1.50. The van der Waals surface area contributed by atoms with Crippen LogP contribution in [-0.4, -0.2) is 9.97 Å². The van der Waals surface area contributed by atoms with Crippen LogP contribution in [0.1, 0.15) is 25.6 Å². The van der Waals surface area contributed by atoms with Gasteiger partial charge in [-0.25, -0.2) is 15.2 Å². The summed E-state index contributed by atoms with van der Waals surface area (Å²) in [5, 5.41) is 0. The van der Waals surface area contributed by atoms with E-state index in [9.17, 15) is 4.39 Å². The van der Waals surface area contributed by atoms with Gasteiger partial charge in [0, 0.05) is 16.5 Å². The average molecular weight is 341 g/mol. The Labute approximate surface area is 124 Å². The van der Waals surface area contributed by atoms with Gasteiger partial charge >= 0.3 is 0 Å². The molecule has 1 heterocycles. The van der Waals surface area contributed by atoms with E-state index in [2.05, 4.69) is 31.3 Å². The fraction of sp³-hybridized carbons (Fsp3) is 0.231. The van der Waals surface area contributed by atoms with Crippen molar-refractivity contribution in [3.63, 3.8) is 0 Å². The molecule has 0 aliphatic carbocycles. The zero-order valence-corrected chi connectivity index (χ0v) is 12.6. The Morgan fingerprint density at radius 2 is 2.05 bits per heavy atom. The molecule has 0 aliphatic heterocycles. The third kappa shape index (κ3) is 3.43. The number of nitrogens with one attached hydrogen (secondary N) is 1. The molecule has 0 unspecified atom stereocenters. The molecule has 0 radical (unpaired) electrons. The van der Waals surface area contributed by atoms with Crippen molar-refractivity contribution in [3.05, 3.63) is 40.4 Å². The molecule has 5 nitrogen and oxygen atoms in total. The van der Waals surface area contributed by atoms with Crippen molar-refractivity contribution in [3.8, 4) is 11.6 Å². The highest BCUT2D eigenvalue weighted by atomic mass is 79.9. The Morgan fingerprint density at radius 3 is 2.70 bits per heavy atom. The number of halogens is 2. The first kappa shape index (κ1) is 14.7. The van der Waals surface area contributed by atoms with Crippen LogP contribution < -0.4 is 16.0 Å². The topological polar surface area (TPSA) is 73.1 Å². The molecule has 0 aliphatic rings. The summed E-state index contributed by atoms with van der Waals surface area (Å²) in [5.74, 6) is 6.26. The van der Waals surface area contributed by atoms with E-state index in [4.69, 9.17) is 10.6 Å². The molecule has 0 saturated carbocycles. The highest BCUT2D eigenvalue weighted by Gasteiger charge is 2.11. The van der Waals surface area contributed by atoms with Crippen molar-refractivity contribution < 1.29 is 9.13 Å². The number of anilines is 1. The smallest absolute Gasteiger partial charge is 0.224 e. The minimum atomic E-state index is -0.472. The Kier molecular flexibility index (Phi) is 4.51. The van der Waals surface area contributed by atoms with Gasteiger partial charge in [-0.05, 0) is 18.2 Å². The lowest BCUT2D eigenvalue weighted by molar-refractivity contribution is 0.423. The lowest BCUT2D eigenvalue weighted by Gasteiger charge is -2.11. The SMILES string of the molecule is CC(C)c1nc(NN)cc(Oc2cc(Br)ccc2F)n1. The monoisotopic (exact) mass is 340 g/mol. The zero-order chi connectivity index (χ0) is 14.7. The minimum absolute atomic E-state index is 0.0794. The van der Waals surface area contributed by atoms with Crippen LogP contribution in [-0.2, 0) is 0 Å². The summed E-state index contributed by atoms with van der Waals surface area (Å²) in [6.07, 6.45) is 0. The van der Waals surface area contributed by atoms with E-state index in [0.29, 0.717) is 16.1 Å². The molecule has 2 aromatic rings. The van der Waals surface area contributed by atoms with Gasteiger partial charge in [0.2, 0.25) is 5.88 Å². The Balaban J connectivity index is 2.37. The molecule has 0 fully saturated rings. The molecule has 20 heavy (non-hydrogen) atoms. The van der Waals surface area contributed by atoms with E-state index in [1.165, 1.54) is 18.2 Å². The third-order valence-electron chi connectivity index (χ3n) is 2.49. The van der Waals surface area contributed by atoms with Crippen molar-refractivity contribution in [2.45, 2.75) is 19.8 Å². The molecule has 0 bridgehead atoms. The summed E-state index contributed by atoms with van der Waals surface area (Å²) in [4.78, 5) is 8.44. The normalized spacial score (nSPS) is 10.7. The van der Waals surface area contributed by atoms with Gasteiger partial charge in [0.1, 0.15) is 11.6 Å². The van der Waals surface area contributed by atoms with Gasteiger partial charge < -0.3 is 10.2 Å². The number of nitrogens with two attached hydrogens (primary N) is 1. The van der Waals surface area contributed by atoms with E-state index >= 15 is 0 Å². The first-order valence-electron chi connectivity index (χ1n) is 5.98. The molecule has 1 aromatic carbocycles. The number of benzene rings is 1. The molecular formula is C13H14BrFN4O. The lowest BCUT2D eigenvalue weighted by Crippen LogP contribution is -2.11. The summed E-state index contributed by atoms with van der Waals surface area (Å²) in [5.41, 5.74) is 2.44. The van der Waals surface area contributed by atoms with Crippen LogP contribution >= 0.6 is 15.9 Å². The van der Waals surface area contributed by atoms with Crippen molar-refractivity contribution in [1.29, 1.82) is 0 Å². The second-order valence-corrected chi connectivity index (χ2v) is 5.34. The van der Waals surface area contributed by atoms with Crippen molar-refractivity contribution in [1.82, 2.24) is 9.97 Å². The molecule has 1 aromatic heterocycles. The molecule has 106 valence electrons. The molecule has 0 saturated heterocycles. The zero-order valence-electron chi connectivity index (χ0n) is 11.0. The maximum atomic E-state index is 13.7. The van der Waals surface area contributed by atoms with Crippen molar-refractivity contribution >= 4 is 21.7 Å². The van der Waals surface area contributed by atoms with E-state index in [0.717, 1.165) is 0 Å². The molecular weight excluding hydrogens is 327 g/mol. The molecule has 7 heteroatoms. The first-order chi connectivity index (χ1) is 9.49. The summed E-state index contributed by atoms with van der Waals surface area (Å²) in [6.45, 7) is 3.89. The number of aromatic nitrogens is 2. The van der Waals surface area contributed by atoms with E-state index < -0.39 is 5.82 Å². The van der Waals surface area contributed by atoms with Crippen LogP contribution in [0.5, 0.6) is 11.6 Å². The van der Waals surface area contributed by atoms with Crippen LogP contribution in [0, 0.1) is 5.82 Å². The first-order valence-corrected chi connectivity index (χ1v) is 6.77. The van der Waals surface area contributed by atoms with Crippen LogP contribution in [0.3, 0.4) is 0 Å². The van der Waals surface area contributed by atoms with Crippen LogP contribution in [0.15, 0.2) is 28.7 Å². The molecule has 3 N–H and O–H groups in total. The number of nitrogen functional groups attached to an aromatic ring is 1. The number of hydrogen-bond acceptors (Lipinski definition) is 5.